The number of β-lactam (4-membered cyclic amide) rings is 1. The van der Waals surface area contributed by atoms with Crippen LogP contribution < -0.4 is 9.64 Å². The Morgan fingerprint density at radius 1 is 0.923 bits per heavy atom. The monoisotopic (exact) mass is 603 g/mol. The first-order valence-electron chi connectivity index (χ1n) is 13.1. The highest BCUT2D eigenvalue weighted by atomic mass is 79.9. The van der Waals surface area contributed by atoms with E-state index < -0.39 is 6.10 Å². The number of anilines is 1. The Morgan fingerprint density at radius 3 is 2.05 bits per heavy atom. The minimum atomic E-state index is -0.795. The lowest BCUT2D eigenvalue weighted by atomic mass is 9.78. The fourth-order valence-electron chi connectivity index (χ4n) is 4.78. The average molecular weight is 605 g/mol. The highest BCUT2D eigenvalue weighted by Crippen LogP contribution is 2.46. The summed E-state index contributed by atoms with van der Waals surface area (Å²) in [5, 5.41) is 10.6. The molecule has 1 amide bonds. The molecule has 0 aliphatic carbocycles. The maximum Gasteiger partial charge on any atom is 0.233 e. The SMILES string of the molecule is CBr.C[N+](C)(C)CCCOc1ccc(C2C(CCC(O)c3ccc(F)cc3)C(=O)N2c2ccc(F)cc2)cc1. The summed E-state index contributed by atoms with van der Waals surface area (Å²) in [7, 11) is 6.45. The lowest BCUT2D eigenvalue weighted by molar-refractivity contribution is -0.870. The van der Waals surface area contributed by atoms with E-state index >= 15 is 0 Å². The van der Waals surface area contributed by atoms with Gasteiger partial charge in [-0.3, -0.25) is 4.79 Å². The van der Waals surface area contributed by atoms with Crippen molar-refractivity contribution in [2.45, 2.75) is 31.4 Å². The molecule has 8 heteroatoms. The lowest BCUT2D eigenvalue weighted by Gasteiger charge is -2.48. The molecule has 3 atom stereocenters. The van der Waals surface area contributed by atoms with Gasteiger partial charge in [-0.25, -0.2) is 8.78 Å². The van der Waals surface area contributed by atoms with Crippen LogP contribution in [0.1, 0.15) is 42.5 Å². The second-order valence-corrected chi connectivity index (χ2v) is 10.7. The van der Waals surface area contributed by atoms with Crippen LogP contribution in [0.5, 0.6) is 5.75 Å². The van der Waals surface area contributed by atoms with Crippen molar-refractivity contribution in [2.24, 2.45) is 5.92 Å². The summed E-state index contributed by atoms with van der Waals surface area (Å²) in [4.78, 5) is 14.9. The number of rotatable bonds is 11. The van der Waals surface area contributed by atoms with Crippen LogP contribution in [0.2, 0.25) is 0 Å². The molecule has 1 N–H and O–H groups in total. The van der Waals surface area contributed by atoms with Crippen molar-refractivity contribution in [1.82, 2.24) is 0 Å². The number of amides is 1. The molecular formula is C31H38BrF2N2O3+. The number of aliphatic hydroxyl groups excluding tert-OH is 1. The van der Waals surface area contributed by atoms with Crippen LogP contribution in [0.4, 0.5) is 14.5 Å². The Morgan fingerprint density at radius 2 is 1.49 bits per heavy atom. The van der Waals surface area contributed by atoms with Gasteiger partial charge in [0.25, 0.3) is 0 Å². The van der Waals surface area contributed by atoms with E-state index in [9.17, 15) is 18.7 Å². The minimum Gasteiger partial charge on any atom is -0.493 e. The van der Waals surface area contributed by atoms with Crippen LogP contribution in [0.25, 0.3) is 0 Å². The molecule has 3 aromatic rings. The molecule has 1 heterocycles. The van der Waals surface area contributed by atoms with Gasteiger partial charge < -0.3 is 19.2 Å². The van der Waals surface area contributed by atoms with Gasteiger partial charge in [0.2, 0.25) is 5.91 Å². The van der Waals surface area contributed by atoms with E-state index in [-0.39, 0.29) is 29.5 Å². The number of benzene rings is 3. The van der Waals surface area contributed by atoms with E-state index in [0.717, 1.165) is 28.8 Å². The molecule has 3 unspecified atom stereocenters. The topological polar surface area (TPSA) is 49.8 Å². The first-order chi connectivity index (χ1) is 18.6. The quantitative estimate of drug-likeness (QED) is 0.115. The minimum absolute atomic E-state index is 0.0662. The van der Waals surface area contributed by atoms with Gasteiger partial charge in [-0.05, 0) is 78.3 Å². The number of halogens is 3. The summed E-state index contributed by atoms with van der Waals surface area (Å²) in [6.07, 6.45) is 0.974. The van der Waals surface area contributed by atoms with Crippen molar-refractivity contribution in [3.63, 3.8) is 0 Å². The molecule has 1 aliphatic rings. The molecule has 4 rings (SSSR count). The zero-order valence-corrected chi connectivity index (χ0v) is 24.6. The summed E-state index contributed by atoms with van der Waals surface area (Å²) < 4.78 is 33.6. The molecule has 1 aliphatic heterocycles. The zero-order valence-electron chi connectivity index (χ0n) is 23.0. The highest BCUT2D eigenvalue weighted by Gasteiger charge is 2.48. The summed E-state index contributed by atoms with van der Waals surface area (Å²) in [5.41, 5.74) is 2.20. The molecule has 5 nitrogen and oxygen atoms in total. The van der Waals surface area contributed by atoms with E-state index in [1.165, 1.54) is 24.3 Å². The smallest absolute Gasteiger partial charge is 0.233 e. The third-order valence-electron chi connectivity index (χ3n) is 6.79. The Kier molecular flexibility index (Phi) is 11.0. The second kappa shape index (κ2) is 14.0. The Balaban J connectivity index is 0.00000205. The van der Waals surface area contributed by atoms with Crippen LogP contribution in [0.15, 0.2) is 72.8 Å². The number of alkyl halides is 1. The highest BCUT2D eigenvalue weighted by molar-refractivity contribution is 9.08. The average Bonchev–Trinajstić information content (AvgIpc) is 2.92. The van der Waals surface area contributed by atoms with Crippen molar-refractivity contribution in [3.8, 4) is 5.75 Å². The molecule has 0 spiro atoms. The molecule has 1 fully saturated rings. The van der Waals surface area contributed by atoms with Gasteiger partial charge in [0.1, 0.15) is 17.4 Å². The molecule has 210 valence electrons. The molecule has 39 heavy (non-hydrogen) atoms. The molecule has 0 aromatic heterocycles. The number of carbonyl (C=O) groups excluding carboxylic acids is 1. The Labute approximate surface area is 238 Å². The Hall–Kier alpha value is -2.81. The van der Waals surface area contributed by atoms with E-state index in [1.807, 2.05) is 30.1 Å². The van der Waals surface area contributed by atoms with E-state index in [1.54, 1.807) is 29.2 Å². The third-order valence-corrected chi connectivity index (χ3v) is 6.79. The number of aliphatic hydroxyl groups is 1. The van der Waals surface area contributed by atoms with Gasteiger partial charge >= 0.3 is 0 Å². The van der Waals surface area contributed by atoms with Crippen molar-refractivity contribution in [2.75, 3.05) is 45.0 Å². The number of quaternary nitrogens is 1. The van der Waals surface area contributed by atoms with Crippen LogP contribution >= 0.6 is 15.9 Å². The first-order valence-corrected chi connectivity index (χ1v) is 14.6. The van der Waals surface area contributed by atoms with Crippen molar-refractivity contribution in [3.05, 3.63) is 95.6 Å². The van der Waals surface area contributed by atoms with Gasteiger partial charge in [-0.15, -0.1) is 0 Å². The van der Waals surface area contributed by atoms with Crippen LogP contribution in [-0.4, -0.2) is 55.6 Å². The molecular weight excluding hydrogens is 566 g/mol. The normalized spacial score (nSPS) is 17.6. The first kappa shape index (κ1) is 30.7. The van der Waals surface area contributed by atoms with E-state index in [0.29, 0.717) is 30.7 Å². The largest absolute Gasteiger partial charge is 0.493 e. The third kappa shape index (κ3) is 8.34. The summed E-state index contributed by atoms with van der Waals surface area (Å²) in [6, 6.07) is 19.2. The molecule has 0 saturated carbocycles. The number of carbonyl (C=O) groups is 1. The van der Waals surface area contributed by atoms with Crippen molar-refractivity contribution in [1.29, 1.82) is 0 Å². The van der Waals surface area contributed by atoms with Gasteiger partial charge in [0, 0.05) is 12.1 Å². The predicted molar refractivity (Wildman–Crippen MR) is 155 cm³/mol. The van der Waals surface area contributed by atoms with Crippen molar-refractivity contribution >= 4 is 27.5 Å². The van der Waals surface area contributed by atoms with Crippen LogP contribution in [0.3, 0.4) is 0 Å². The Bertz CT molecular complexity index is 1180. The number of ether oxygens (including phenoxy) is 1. The van der Waals surface area contributed by atoms with Gasteiger partial charge in [-0.2, -0.15) is 0 Å². The molecule has 1 saturated heterocycles. The number of nitrogens with zero attached hydrogens (tertiary/aromatic N) is 2. The lowest BCUT2D eigenvalue weighted by Crippen LogP contribution is -2.55. The predicted octanol–water partition coefficient (Wildman–Crippen LogP) is 6.67. The summed E-state index contributed by atoms with van der Waals surface area (Å²) in [6.45, 7) is 1.64. The molecule has 3 aromatic carbocycles. The second-order valence-electron chi connectivity index (χ2n) is 10.7. The number of hydrogen-bond donors (Lipinski definition) is 1. The van der Waals surface area contributed by atoms with Crippen molar-refractivity contribution < 1.29 is 27.9 Å². The number of hydrogen-bond acceptors (Lipinski definition) is 3. The van der Waals surface area contributed by atoms with E-state index in [2.05, 4.69) is 37.1 Å². The van der Waals surface area contributed by atoms with Gasteiger partial charge in [0.15, 0.2) is 0 Å². The summed E-state index contributed by atoms with van der Waals surface area (Å²) in [5.74, 6) is 1.46. The standard InChI is InChI=1S/C30H35F2N2O3.CH3Br/c1-34(2,3)19-4-20-37-26-15-7-22(8-16-26)29-27(17-18-28(35)21-5-9-23(31)10-6-21)30(36)33(29)25-13-11-24(32)12-14-25;1-2/h5-16,27-29,35H,4,17-20H2,1-3H3;1H3/q+1;. The molecule has 0 bridgehead atoms. The maximum atomic E-state index is 13.5. The maximum absolute atomic E-state index is 13.5. The summed E-state index contributed by atoms with van der Waals surface area (Å²) >= 11 is 2.94. The van der Waals surface area contributed by atoms with Gasteiger partial charge in [-0.1, -0.05) is 40.2 Å². The van der Waals surface area contributed by atoms with Crippen LogP contribution in [-0.2, 0) is 4.79 Å². The zero-order chi connectivity index (χ0) is 28.6. The van der Waals surface area contributed by atoms with Crippen LogP contribution in [0, 0.1) is 17.6 Å². The van der Waals surface area contributed by atoms with E-state index in [4.69, 9.17) is 4.74 Å². The van der Waals surface area contributed by atoms with Gasteiger partial charge in [0.05, 0.1) is 52.4 Å². The fraction of sp³-hybridized carbons (Fsp3) is 0.387. The molecule has 0 radical (unpaired) electrons. The fourth-order valence-corrected chi connectivity index (χ4v) is 4.78.